The van der Waals surface area contributed by atoms with Gasteiger partial charge >= 0.3 is 0 Å². The van der Waals surface area contributed by atoms with Crippen molar-refractivity contribution >= 4 is 23.2 Å². The maximum atomic E-state index is 13.3. The second-order valence-electron chi connectivity index (χ2n) is 7.97. The highest BCUT2D eigenvalue weighted by Crippen LogP contribution is 2.41. The first-order valence-corrected chi connectivity index (χ1v) is 10.6. The summed E-state index contributed by atoms with van der Waals surface area (Å²) in [6.07, 6.45) is 3.52. The first kappa shape index (κ1) is 20.1. The van der Waals surface area contributed by atoms with Gasteiger partial charge in [0.25, 0.3) is 5.91 Å². The van der Waals surface area contributed by atoms with Gasteiger partial charge in [-0.1, -0.05) is 12.1 Å². The highest BCUT2D eigenvalue weighted by molar-refractivity contribution is 6.03. The van der Waals surface area contributed by atoms with E-state index in [0.29, 0.717) is 22.7 Å². The molecular formula is C25H23N3O4. The summed E-state index contributed by atoms with van der Waals surface area (Å²) < 4.78 is 10.9. The number of amides is 2. The van der Waals surface area contributed by atoms with Gasteiger partial charge in [-0.25, -0.2) is 0 Å². The van der Waals surface area contributed by atoms with Crippen LogP contribution >= 0.6 is 0 Å². The van der Waals surface area contributed by atoms with E-state index in [4.69, 9.17) is 9.47 Å². The predicted octanol–water partition coefficient (Wildman–Crippen LogP) is 4.22. The predicted molar refractivity (Wildman–Crippen MR) is 120 cm³/mol. The largest absolute Gasteiger partial charge is 0.454 e. The first-order valence-electron chi connectivity index (χ1n) is 10.6. The molecule has 2 amide bonds. The number of fused-ring (bicyclic) bond motifs is 1. The van der Waals surface area contributed by atoms with E-state index < -0.39 is 0 Å². The van der Waals surface area contributed by atoms with E-state index in [2.05, 4.69) is 10.3 Å². The molecule has 7 heteroatoms. The summed E-state index contributed by atoms with van der Waals surface area (Å²) in [6.45, 7) is 2.11. The molecule has 2 heterocycles. The fourth-order valence-electron chi connectivity index (χ4n) is 3.82. The average molecular weight is 429 g/mol. The smallest absolute Gasteiger partial charge is 0.251 e. The number of nitrogens with one attached hydrogen (secondary N) is 1. The van der Waals surface area contributed by atoms with Crippen molar-refractivity contribution in [2.24, 2.45) is 5.92 Å². The number of hydrogen-bond donors (Lipinski definition) is 1. The summed E-state index contributed by atoms with van der Waals surface area (Å²) in [7, 11) is 1.61. The van der Waals surface area contributed by atoms with Crippen LogP contribution in [-0.4, -0.2) is 30.6 Å². The molecule has 2 aromatic carbocycles. The number of aromatic nitrogens is 1. The third-order valence-corrected chi connectivity index (χ3v) is 5.78. The van der Waals surface area contributed by atoms with Crippen LogP contribution in [0.5, 0.6) is 11.5 Å². The van der Waals surface area contributed by atoms with E-state index in [-0.39, 0.29) is 24.5 Å². The average Bonchev–Trinajstić information content (AvgIpc) is 3.57. The van der Waals surface area contributed by atoms with Crippen molar-refractivity contribution in [3.8, 4) is 22.6 Å². The Bertz CT molecular complexity index is 1200. The van der Waals surface area contributed by atoms with E-state index in [9.17, 15) is 9.59 Å². The normalized spacial score (nSPS) is 14.2. The maximum Gasteiger partial charge on any atom is 0.251 e. The van der Waals surface area contributed by atoms with Crippen molar-refractivity contribution in [1.82, 2.24) is 10.3 Å². The molecule has 0 atom stereocenters. The second-order valence-corrected chi connectivity index (χ2v) is 7.97. The van der Waals surface area contributed by atoms with Crippen LogP contribution in [0.2, 0.25) is 0 Å². The minimum Gasteiger partial charge on any atom is -0.454 e. The second kappa shape index (κ2) is 8.00. The zero-order valence-corrected chi connectivity index (χ0v) is 17.9. The van der Waals surface area contributed by atoms with Gasteiger partial charge in [-0.3, -0.25) is 19.5 Å². The number of aryl methyl sites for hydroxylation is 1. The summed E-state index contributed by atoms with van der Waals surface area (Å²) in [4.78, 5) is 31.4. The van der Waals surface area contributed by atoms with Crippen molar-refractivity contribution < 1.29 is 19.1 Å². The summed E-state index contributed by atoms with van der Waals surface area (Å²) in [6, 6.07) is 14.9. The number of benzene rings is 2. The Labute approximate surface area is 186 Å². The Morgan fingerprint density at radius 1 is 1.00 bits per heavy atom. The van der Waals surface area contributed by atoms with E-state index in [1.54, 1.807) is 30.3 Å². The molecule has 0 saturated heterocycles. The quantitative estimate of drug-likeness (QED) is 0.657. The Morgan fingerprint density at radius 2 is 1.75 bits per heavy atom. The first-order chi connectivity index (χ1) is 15.5. The van der Waals surface area contributed by atoms with E-state index in [1.807, 2.05) is 43.3 Å². The van der Waals surface area contributed by atoms with Gasteiger partial charge < -0.3 is 14.8 Å². The van der Waals surface area contributed by atoms with Crippen LogP contribution in [0.3, 0.4) is 0 Å². The molecule has 0 bridgehead atoms. The molecule has 7 nitrogen and oxygen atoms in total. The monoisotopic (exact) mass is 429 g/mol. The number of carbonyl (C=O) groups is 2. The van der Waals surface area contributed by atoms with Crippen molar-refractivity contribution in [2.45, 2.75) is 19.8 Å². The van der Waals surface area contributed by atoms with Crippen molar-refractivity contribution in [1.29, 1.82) is 0 Å². The van der Waals surface area contributed by atoms with Gasteiger partial charge in [0.2, 0.25) is 12.7 Å². The third kappa shape index (κ3) is 3.66. The van der Waals surface area contributed by atoms with E-state index in [1.165, 1.54) is 0 Å². The number of hydrogen-bond acceptors (Lipinski definition) is 5. The van der Waals surface area contributed by atoms with Gasteiger partial charge in [0.15, 0.2) is 11.5 Å². The molecule has 1 saturated carbocycles. The van der Waals surface area contributed by atoms with Crippen molar-refractivity contribution in [2.75, 3.05) is 18.7 Å². The Balaban J connectivity index is 1.55. The van der Waals surface area contributed by atoms with Gasteiger partial charge in [-0.05, 0) is 55.7 Å². The van der Waals surface area contributed by atoms with Crippen LogP contribution in [0.1, 0.15) is 28.9 Å². The molecule has 1 aromatic heterocycles. The van der Waals surface area contributed by atoms with E-state index in [0.717, 1.165) is 35.3 Å². The van der Waals surface area contributed by atoms with Crippen LogP contribution in [0, 0.1) is 12.8 Å². The summed E-state index contributed by atoms with van der Waals surface area (Å²) in [5, 5.41) is 2.63. The molecule has 1 aliphatic heterocycles. The number of carbonyl (C=O) groups excluding carboxylic acids is 2. The van der Waals surface area contributed by atoms with Gasteiger partial charge in [-0.15, -0.1) is 0 Å². The molecule has 5 rings (SSSR count). The number of pyridine rings is 1. The molecule has 1 aliphatic carbocycles. The molecule has 1 N–H and O–H groups in total. The topological polar surface area (TPSA) is 80.8 Å². The highest BCUT2D eigenvalue weighted by atomic mass is 16.7. The van der Waals surface area contributed by atoms with Crippen molar-refractivity contribution in [3.05, 3.63) is 66.0 Å². The molecule has 2 aliphatic rings. The van der Waals surface area contributed by atoms with Gasteiger partial charge in [-0.2, -0.15) is 0 Å². The lowest BCUT2D eigenvalue weighted by Gasteiger charge is -2.24. The molecular weight excluding hydrogens is 406 g/mol. The van der Waals surface area contributed by atoms with Crippen molar-refractivity contribution in [3.63, 3.8) is 0 Å². The molecule has 0 radical (unpaired) electrons. The summed E-state index contributed by atoms with van der Waals surface area (Å²) in [5.41, 5.74) is 4.67. The lowest BCUT2D eigenvalue weighted by atomic mass is 10.0. The van der Waals surface area contributed by atoms with Crippen LogP contribution in [0.25, 0.3) is 11.1 Å². The van der Waals surface area contributed by atoms with Gasteiger partial charge in [0, 0.05) is 35.9 Å². The lowest BCUT2D eigenvalue weighted by Crippen LogP contribution is -2.27. The summed E-state index contributed by atoms with van der Waals surface area (Å²) >= 11 is 0. The molecule has 1 fully saturated rings. The van der Waals surface area contributed by atoms with Gasteiger partial charge in [0.05, 0.1) is 17.6 Å². The zero-order chi connectivity index (χ0) is 22.2. The number of anilines is 2. The zero-order valence-electron chi connectivity index (χ0n) is 17.9. The number of nitrogens with zero attached hydrogens (tertiary/aromatic N) is 2. The SMILES string of the molecule is CNC(=O)c1ccc(-c2cc(N(C(=O)C3CC3)c3ccc4c(c3)OCO4)cnc2C)cc1. The van der Waals surface area contributed by atoms with Gasteiger partial charge in [0.1, 0.15) is 0 Å². The number of ether oxygens (including phenoxy) is 2. The molecule has 0 unspecified atom stereocenters. The molecule has 32 heavy (non-hydrogen) atoms. The molecule has 0 spiro atoms. The van der Waals surface area contributed by atoms with Crippen LogP contribution in [0.15, 0.2) is 54.7 Å². The van der Waals surface area contributed by atoms with Crippen LogP contribution < -0.4 is 19.7 Å². The number of rotatable bonds is 5. The van der Waals surface area contributed by atoms with Crippen LogP contribution in [-0.2, 0) is 4.79 Å². The minimum atomic E-state index is -0.135. The molecule has 162 valence electrons. The highest BCUT2D eigenvalue weighted by Gasteiger charge is 2.35. The minimum absolute atomic E-state index is 0.0250. The Kier molecular flexibility index (Phi) is 5.01. The lowest BCUT2D eigenvalue weighted by molar-refractivity contribution is -0.119. The van der Waals surface area contributed by atoms with Crippen LogP contribution in [0.4, 0.5) is 11.4 Å². The Hall–Kier alpha value is -3.87. The fourth-order valence-corrected chi connectivity index (χ4v) is 3.82. The standard InChI is InChI=1S/C25H23N3O4/c1-15-21(16-3-5-17(6-4-16)24(29)26-2)11-20(13-27-15)28(25(30)18-7-8-18)19-9-10-22-23(12-19)32-14-31-22/h3-6,9-13,18H,7-8,14H2,1-2H3,(H,26,29). The Morgan fingerprint density at radius 3 is 2.47 bits per heavy atom. The molecule has 3 aromatic rings. The third-order valence-electron chi connectivity index (χ3n) is 5.78. The summed E-state index contributed by atoms with van der Waals surface area (Å²) in [5.74, 6) is 1.24. The van der Waals surface area contributed by atoms with E-state index >= 15 is 0 Å². The fraction of sp³-hybridized carbons (Fsp3) is 0.240. The maximum absolute atomic E-state index is 13.3.